The van der Waals surface area contributed by atoms with Crippen molar-refractivity contribution in [3.63, 3.8) is 0 Å². The number of nitriles is 1. The molecule has 0 saturated carbocycles. The Morgan fingerprint density at radius 2 is 2.28 bits per heavy atom. The number of nitrogens with two attached hydrogens (primary N) is 1. The van der Waals surface area contributed by atoms with Gasteiger partial charge in [-0.1, -0.05) is 6.07 Å². The zero-order valence-electron chi connectivity index (χ0n) is 9.67. The minimum atomic E-state index is -0.653. The summed E-state index contributed by atoms with van der Waals surface area (Å²) in [7, 11) is 1.24. The first-order chi connectivity index (χ1) is 8.54. The van der Waals surface area contributed by atoms with Crippen LogP contribution in [0.25, 0.3) is 0 Å². The number of hydrogen-bond donors (Lipinski definition) is 1. The van der Waals surface area contributed by atoms with Crippen LogP contribution < -0.4 is 5.73 Å². The third-order valence-corrected chi connectivity index (χ3v) is 2.46. The minimum absolute atomic E-state index is 0.0586. The smallest absolute Gasteiger partial charge is 0.309 e. The Bertz CT molecular complexity index is 534. The molecule has 7 heteroatoms. The lowest BCUT2D eigenvalue weighted by Crippen LogP contribution is -2.12. The van der Waals surface area contributed by atoms with Crippen LogP contribution in [0.4, 0.5) is 5.69 Å². The van der Waals surface area contributed by atoms with Gasteiger partial charge >= 0.3 is 5.97 Å². The van der Waals surface area contributed by atoms with E-state index < -0.39 is 10.9 Å². The lowest BCUT2D eigenvalue weighted by Gasteiger charge is -2.08. The van der Waals surface area contributed by atoms with Crippen molar-refractivity contribution in [3.8, 4) is 6.07 Å². The fourth-order valence-corrected chi connectivity index (χ4v) is 1.58. The van der Waals surface area contributed by atoms with Crippen LogP contribution in [-0.2, 0) is 22.5 Å². The van der Waals surface area contributed by atoms with Gasteiger partial charge in [-0.25, -0.2) is 0 Å². The lowest BCUT2D eigenvalue weighted by molar-refractivity contribution is -0.385. The average Bonchev–Trinajstić information content (AvgIpc) is 2.37. The molecule has 0 aromatic heterocycles. The van der Waals surface area contributed by atoms with E-state index in [4.69, 9.17) is 11.0 Å². The number of nitro benzene ring substituents is 1. The molecule has 0 heterocycles. The molecule has 0 aliphatic heterocycles. The molecule has 0 unspecified atom stereocenters. The fraction of sp³-hybridized carbons (Fsp3) is 0.273. The number of benzene rings is 1. The first-order valence-corrected chi connectivity index (χ1v) is 5.01. The second-order valence-electron chi connectivity index (χ2n) is 3.42. The van der Waals surface area contributed by atoms with Gasteiger partial charge in [-0.05, 0) is 11.1 Å². The Hall–Kier alpha value is -2.46. The molecule has 0 amide bonds. The summed E-state index contributed by atoms with van der Waals surface area (Å²) in [6, 6.07) is 4.36. The first-order valence-electron chi connectivity index (χ1n) is 5.01. The van der Waals surface area contributed by atoms with Crippen LogP contribution in [0.15, 0.2) is 12.1 Å². The minimum Gasteiger partial charge on any atom is -0.469 e. The van der Waals surface area contributed by atoms with Crippen molar-refractivity contribution in [2.24, 2.45) is 5.73 Å². The molecule has 0 aliphatic carbocycles. The standard InChI is InChI=1S/C11H11N3O4/c1-18-11(15)4-7-2-3-10(14(16)17)9(6-13)8(7)5-12/h2-3H,4-5,12H2,1H3. The molecule has 0 atom stereocenters. The highest BCUT2D eigenvalue weighted by Gasteiger charge is 2.21. The Labute approximate surface area is 103 Å². The van der Waals surface area contributed by atoms with E-state index in [0.29, 0.717) is 11.1 Å². The van der Waals surface area contributed by atoms with E-state index in [0.717, 1.165) is 0 Å². The summed E-state index contributed by atoms with van der Waals surface area (Å²) in [5, 5.41) is 19.7. The molecule has 0 fully saturated rings. The molecule has 7 nitrogen and oxygen atoms in total. The largest absolute Gasteiger partial charge is 0.469 e. The van der Waals surface area contributed by atoms with Gasteiger partial charge in [-0.2, -0.15) is 5.26 Å². The average molecular weight is 249 g/mol. The molecule has 0 aliphatic rings. The fourth-order valence-electron chi connectivity index (χ4n) is 1.58. The number of carbonyl (C=O) groups is 1. The molecule has 0 saturated heterocycles. The van der Waals surface area contributed by atoms with Crippen molar-refractivity contribution < 1.29 is 14.5 Å². The van der Waals surface area contributed by atoms with Gasteiger partial charge in [0.2, 0.25) is 0 Å². The lowest BCUT2D eigenvalue weighted by atomic mass is 9.98. The zero-order chi connectivity index (χ0) is 13.7. The Kier molecular flexibility index (Phi) is 4.34. The van der Waals surface area contributed by atoms with E-state index in [-0.39, 0.29) is 24.2 Å². The van der Waals surface area contributed by atoms with Crippen LogP contribution in [-0.4, -0.2) is 18.0 Å². The number of hydrogen-bond acceptors (Lipinski definition) is 6. The van der Waals surface area contributed by atoms with Crippen molar-refractivity contribution in [2.75, 3.05) is 7.11 Å². The summed E-state index contributed by atoms with van der Waals surface area (Å²) >= 11 is 0. The van der Waals surface area contributed by atoms with Crippen LogP contribution in [0.3, 0.4) is 0 Å². The first kappa shape index (κ1) is 13.6. The number of nitro groups is 1. The van der Waals surface area contributed by atoms with Gasteiger partial charge in [0.05, 0.1) is 18.5 Å². The molecule has 0 radical (unpaired) electrons. The van der Waals surface area contributed by atoms with Crippen molar-refractivity contribution in [2.45, 2.75) is 13.0 Å². The Morgan fingerprint density at radius 1 is 1.61 bits per heavy atom. The van der Waals surface area contributed by atoms with E-state index in [9.17, 15) is 14.9 Å². The van der Waals surface area contributed by atoms with Gasteiger partial charge in [-0.3, -0.25) is 14.9 Å². The summed E-state index contributed by atoms with van der Waals surface area (Å²) in [5.41, 5.74) is 5.83. The highest BCUT2D eigenvalue weighted by Crippen LogP contribution is 2.25. The summed E-state index contributed by atoms with van der Waals surface area (Å²) in [6.45, 7) is -0.0586. The number of nitrogens with zero attached hydrogens (tertiary/aromatic N) is 2. The number of methoxy groups -OCH3 is 1. The second kappa shape index (κ2) is 5.75. The van der Waals surface area contributed by atoms with E-state index in [1.807, 2.05) is 0 Å². The molecule has 1 aromatic rings. The van der Waals surface area contributed by atoms with Crippen molar-refractivity contribution in [1.29, 1.82) is 5.26 Å². The molecule has 0 bridgehead atoms. The van der Waals surface area contributed by atoms with Crippen LogP contribution in [0.1, 0.15) is 16.7 Å². The third-order valence-electron chi connectivity index (χ3n) is 2.46. The van der Waals surface area contributed by atoms with Gasteiger partial charge in [0.15, 0.2) is 0 Å². The normalized spacial score (nSPS) is 9.61. The predicted molar refractivity (Wildman–Crippen MR) is 61.4 cm³/mol. The maximum Gasteiger partial charge on any atom is 0.309 e. The quantitative estimate of drug-likeness (QED) is 0.475. The maximum atomic E-state index is 11.2. The zero-order valence-corrected chi connectivity index (χ0v) is 9.67. The van der Waals surface area contributed by atoms with Crippen LogP contribution >= 0.6 is 0 Å². The summed E-state index contributed by atoms with van der Waals surface area (Å²) in [4.78, 5) is 21.3. The van der Waals surface area contributed by atoms with Crippen molar-refractivity contribution >= 4 is 11.7 Å². The van der Waals surface area contributed by atoms with Gasteiger partial charge < -0.3 is 10.5 Å². The summed E-state index contributed by atoms with van der Waals surface area (Å²) in [5.74, 6) is -0.498. The molecule has 94 valence electrons. The van der Waals surface area contributed by atoms with Crippen LogP contribution in [0.5, 0.6) is 0 Å². The van der Waals surface area contributed by atoms with Crippen LogP contribution in [0, 0.1) is 21.4 Å². The topological polar surface area (TPSA) is 119 Å². The molecule has 1 rings (SSSR count). The van der Waals surface area contributed by atoms with Gasteiger partial charge in [0.1, 0.15) is 11.6 Å². The van der Waals surface area contributed by atoms with Crippen molar-refractivity contribution in [1.82, 2.24) is 0 Å². The molecular formula is C11H11N3O4. The van der Waals surface area contributed by atoms with Gasteiger partial charge in [0, 0.05) is 12.6 Å². The van der Waals surface area contributed by atoms with Crippen molar-refractivity contribution in [3.05, 3.63) is 38.9 Å². The number of carbonyl (C=O) groups excluding carboxylic acids is 1. The highest BCUT2D eigenvalue weighted by molar-refractivity contribution is 5.74. The predicted octanol–water partition coefficient (Wildman–Crippen LogP) is 0.641. The van der Waals surface area contributed by atoms with E-state index >= 15 is 0 Å². The van der Waals surface area contributed by atoms with Crippen LogP contribution in [0.2, 0.25) is 0 Å². The molecule has 2 N–H and O–H groups in total. The monoisotopic (exact) mass is 249 g/mol. The number of esters is 1. The van der Waals surface area contributed by atoms with Gasteiger partial charge in [-0.15, -0.1) is 0 Å². The molecule has 0 spiro atoms. The van der Waals surface area contributed by atoms with E-state index in [1.165, 1.54) is 19.2 Å². The number of ether oxygens (including phenoxy) is 1. The Morgan fingerprint density at radius 3 is 2.72 bits per heavy atom. The highest BCUT2D eigenvalue weighted by atomic mass is 16.6. The molecule has 1 aromatic carbocycles. The summed E-state index contributed by atoms with van der Waals surface area (Å²) < 4.78 is 4.51. The number of rotatable bonds is 4. The van der Waals surface area contributed by atoms with Gasteiger partial charge in [0.25, 0.3) is 5.69 Å². The third kappa shape index (κ3) is 2.61. The second-order valence-corrected chi connectivity index (χ2v) is 3.42. The van der Waals surface area contributed by atoms with E-state index in [1.54, 1.807) is 6.07 Å². The SMILES string of the molecule is COC(=O)Cc1ccc([N+](=O)[O-])c(C#N)c1CN. The Balaban J connectivity index is 3.35. The molecule has 18 heavy (non-hydrogen) atoms. The summed E-state index contributed by atoms with van der Waals surface area (Å²) in [6.07, 6.45) is -0.0737. The van der Waals surface area contributed by atoms with E-state index in [2.05, 4.69) is 4.74 Å². The molecular weight excluding hydrogens is 238 g/mol. The maximum absolute atomic E-state index is 11.2.